The van der Waals surface area contributed by atoms with Crippen LogP contribution in [-0.2, 0) is 9.84 Å². The van der Waals surface area contributed by atoms with E-state index in [-0.39, 0.29) is 15.6 Å². The Bertz CT molecular complexity index is 884. The summed E-state index contributed by atoms with van der Waals surface area (Å²) in [5.74, 6) is 0.199. The van der Waals surface area contributed by atoms with Crippen LogP contribution in [0, 0.1) is 10.1 Å². The first-order chi connectivity index (χ1) is 11.8. The first-order valence-corrected chi connectivity index (χ1v) is 10.2. The van der Waals surface area contributed by atoms with E-state index in [9.17, 15) is 23.6 Å². The van der Waals surface area contributed by atoms with Crippen LogP contribution in [0.25, 0.3) is 0 Å². The maximum absolute atomic E-state index is 11.7. The van der Waals surface area contributed by atoms with Crippen LogP contribution < -0.4 is 9.80 Å². The largest absolute Gasteiger partial charge is 0.508 e. The van der Waals surface area contributed by atoms with Gasteiger partial charge in [0.15, 0.2) is 14.8 Å². The fraction of sp³-hybridized carbons (Fsp3) is 0.333. The number of thiophene rings is 1. The number of sulfone groups is 1. The van der Waals surface area contributed by atoms with Crippen LogP contribution in [0.15, 0.2) is 34.5 Å². The number of hydrogen-bond donors (Lipinski definition) is 1. The monoisotopic (exact) mass is 383 g/mol. The smallest absolute Gasteiger partial charge is 0.305 e. The SMILES string of the molecule is CS(=O)(=O)c1cc([N+](=O)[O-])c(N2CCN(c3ccc(O)cc3)CC2)s1. The lowest BCUT2D eigenvalue weighted by molar-refractivity contribution is -0.383. The average Bonchev–Trinajstić information content (AvgIpc) is 3.02. The molecular weight excluding hydrogens is 366 g/mol. The number of anilines is 2. The van der Waals surface area contributed by atoms with Crippen molar-refractivity contribution in [2.75, 3.05) is 42.2 Å². The summed E-state index contributed by atoms with van der Waals surface area (Å²) in [6.45, 7) is 2.39. The summed E-state index contributed by atoms with van der Waals surface area (Å²) in [4.78, 5) is 14.7. The van der Waals surface area contributed by atoms with Crippen LogP contribution in [0.1, 0.15) is 0 Å². The zero-order valence-corrected chi connectivity index (χ0v) is 15.1. The Labute approximate surface area is 149 Å². The Morgan fingerprint density at radius 3 is 2.20 bits per heavy atom. The molecule has 1 aliphatic rings. The normalized spacial score (nSPS) is 15.4. The molecule has 2 heterocycles. The molecule has 1 aromatic carbocycles. The third-order valence-corrected chi connectivity index (χ3v) is 7.00. The third kappa shape index (κ3) is 3.69. The summed E-state index contributed by atoms with van der Waals surface area (Å²) in [6, 6.07) is 8.01. The minimum absolute atomic E-state index is 0.00941. The van der Waals surface area contributed by atoms with Crippen molar-refractivity contribution in [3.63, 3.8) is 0 Å². The van der Waals surface area contributed by atoms with E-state index in [4.69, 9.17) is 0 Å². The molecule has 0 aliphatic carbocycles. The predicted octanol–water partition coefficient (Wildman–Crippen LogP) is 2.09. The number of nitro groups is 1. The fourth-order valence-corrected chi connectivity index (χ4v) is 4.80. The minimum Gasteiger partial charge on any atom is -0.508 e. The quantitative estimate of drug-likeness (QED) is 0.637. The Morgan fingerprint density at radius 1 is 1.12 bits per heavy atom. The van der Waals surface area contributed by atoms with E-state index in [1.165, 1.54) is 0 Å². The molecule has 25 heavy (non-hydrogen) atoms. The molecule has 2 aromatic rings. The highest BCUT2D eigenvalue weighted by Gasteiger charge is 2.29. The van der Waals surface area contributed by atoms with Crippen LogP contribution in [0.5, 0.6) is 5.75 Å². The summed E-state index contributed by atoms with van der Waals surface area (Å²) in [5, 5.41) is 21.0. The maximum Gasteiger partial charge on any atom is 0.305 e. The van der Waals surface area contributed by atoms with Gasteiger partial charge in [0.25, 0.3) is 0 Å². The zero-order valence-electron chi connectivity index (χ0n) is 13.5. The van der Waals surface area contributed by atoms with Gasteiger partial charge in [0, 0.05) is 44.2 Å². The summed E-state index contributed by atoms with van der Waals surface area (Å²) >= 11 is 0.945. The van der Waals surface area contributed by atoms with E-state index in [0.29, 0.717) is 31.2 Å². The number of hydrogen-bond acceptors (Lipinski definition) is 8. The zero-order chi connectivity index (χ0) is 18.2. The number of aromatic hydroxyl groups is 1. The molecule has 10 heteroatoms. The highest BCUT2D eigenvalue weighted by molar-refractivity contribution is 7.92. The molecule has 3 rings (SSSR count). The second kappa shape index (κ2) is 6.52. The number of benzene rings is 1. The van der Waals surface area contributed by atoms with Crippen molar-refractivity contribution < 1.29 is 18.4 Å². The Balaban J connectivity index is 1.79. The molecule has 1 fully saturated rings. The van der Waals surface area contributed by atoms with Gasteiger partial charge in [0.2, 0.25) is 0 Å². The third-order valence-electron chi connectivity index (χ3n) is 4.01. The lowest BCUT2D eigenvalue weighted by atomic mass is 10.2. The molecule has 0 atom stereocenters. The van der Waals surface area contributed by atoms with E-state index in [1.807, 2.05) is 17.0 Å². The number of piperazine rings is 1. The molecule has 0 bridgehead atoms. The predicted molar refractivity (Wildman–Crippen MR) is 96.6 cm³/mol. The van der Waals surface area contributed by atoms with Gasteiger partial charge in [-0.3, -0.25) is 10.1 Å². The lowest BCUT2D eigenvalue weighted by Gasteiger charge is -2.36. The maximum atomic E-state index is 11.7. The van der Waals surface area contributed by atoms with Crippen molar-refractivity contribution in [3.8, 4) is 5.75 Å². The van der Waals surface area contributed by atoms with Crippen LogP contribution in [0.2, 0.25) is 0 Å². The number of nitrogens with zero attached hydrogens (tertiary/aromatic N) is 3. The highest BCUT2D eigenvalue weighted by Crippen LogP contribution is 2.40. The van der Waals surface area contributed by atoms with Crippen molar-refractivity contribution in [1.29, 1.82) is 0 Å². The fourth-order valence-electron chi connectivity index (χ4n) is 2.72. The van der Waals surface area contributed by atoms with Gasteiger partial charge in [-0.1, -0.05) is 11.3 Å². The van der Waals surface area contributed by atoms with Gasteiger partial charge in [-0.2, -0.15) is 0 Å². The van der Waals surface area contributed by atoms with Gasteiger partial charge in [-0.25, -0.2) is 8.42 Å². The molecule has 0 saturated carbocycles. The molecule has 0 unspecified atom stereocenters. The first-order valence-electron chi connectivity index (χ1n) is 7.53. The Kier molecular flexibility index (Phi) is 4.56. The molecule has 1 aliphatic heterocycles. The minimum atomic E-state index is -3.48. The summed E-state index contributed by atoms with van der Waals surface area (Å²) < 4.78 is 23.4. The van der Waals surface area contributed by atoms with Gasteiger partial charge in [-0.05, 0) is 24.3 Å². The van der Waals surface area contributed by atoms with Gasteiger partial charge < -0.3 is 14.9 Å². The van der Waals surface area contributed by atoms with Crippen molar-refractivity contribution >= 4 is 37.5 Å². The summed E-state index contributed by atoms with van der Waals surface area (Å²) in [6.07, 6.45) is 1.05. The second-order valence-corrected chi connectivity index (χ2v) is 9.05. The van der Waals surface area contributed by atoms with Crippen LogP contribution >= 0.6 is 11.3 Å². The lowest BCUT2D eigenvalue weighted by Crippen LogP contribution is -2.46. The molecule has 0 spiro atoms. The van der Waals surface area contributed by atoms with Crippen molar-refractivity contribution in [3.05, 3.63) is 40.4 Å². The van der Waals surface area contributed by atoms with Gasteiger partial charge >= 0.3 is 5.69 Å². The van der Waals surface area contributed by atoms with E-state index >= 15 is 0 Å². The second-order valence-electron chi connectivity index (χ2n) is 5.78. The molecule has 0 amide bonds. The molecule has 1 N–H and O–H groups in total. The van der Waals surface area contributed by atoms with Crippen LogP contribution in [0.4, 0.5) is 16.4 Å². The van der Waals surface area contributed by atoms with Crippen LogP contribution in [0.3, 0.4) is 0 Å². The van der Waals surface area contributed by atoms with Crippen molar-refractivity contribution in [1.82, 2.24) is 0 Å². The van der Waals surface area contributed by atoms with Gasteiger partial charge in [-0.15, -0.1) is 0 Å². The Morgan fingerprint density at radius 2 is 1.68 bits per heavy atom. The van der Waals surface area contributed by atoms with Gasteiger partial charge in [0.1, 0.15) is 9.96 Å². The first kappa shape index (κ1) is 17.5. The molecule has 8 nitrogen and oxygen atoms in total. The standard InChI is InChI=1S/C15H17N3O5S2/c1-25(22,23)14-10-13(18(20)21)15(24-14)17-8-6-16(7-9-17)11-2-4-12(19)5-3-11/h2-5,10,19H,6-9H2,1H3. The number of phenols is 1. The van der Waals surface area contributed by atoms with E-state index in [2.05, 4.69) is 4.90 Å². The van der Waals surface area contributed by atoms with Crippen molar-refractivity contribution in [2.24, 2.45) is 0 Å². The van der Waals surface area contributed by atoms with Gasteiger partial charge in [0.05, 0.1) is 4.92 Å². The topological polar surface area (TPSA) is 104 Å². The molecule has 1 saturated heterocycles. The molecule has 0 radical (unpaired) electrons. The van der Waals surface area contributed by atoms with E-state index < -0.39 is 14.8 Å². The van der Waals surface area contributed by atoms with Crippen LogP contribution in [-0.4, -0.2) is 50.9 Å². The number of rotatable bonds is 4. The van der Waals surface area contributed by atoms with Crippen molar-refractivity contribution in [2.45, 2.75) is 4.21 Å². The Hall–Kier alpha value is -2.33. The summed E-state index contributed by atoms with van der Waals surface area (Å²) in [5.41, 5.74) is 0.804. The molecule has 1 aromatic heterocycles. The van der Waals surface area contributed by atoms with E-state index in [1.54, 1.807) is 12.1 Å². The average molecular weight is 383 g/mol. The number of phenolic OH excluding ortho intramolecular Hbond substituents is 1. The molecular formula is C15H17N3O5S2. The van der Waals surface area contributed by atoms with E-state index in [0.717, 1.165) is 29.3 Å². The highest BCUT2D eigenvalue weighted by atomic mass is 32.2. The molecule has 134 valence electrons. The summed E-state index contributed by atoms with van der Waals surface area (Å²) in [7, 11) is -3.48.